The van der Waals surface area contributed by atoms with Crippen molar-refractivity contribution in [2.24, 2.45) is 0 Å². The highest BCUT2D eigenvalue weighted by molar-refractivity contribution is 5.86. The lowest BCUT2D eigenvalue weighted by Crippen LogP contribution is -1.96. The van der Waals surface area contributed by atoms with Gasteiger partial charge in [-0.25, -0.2) is 13.2 Å². The second kappa shape index (κ2) is 4.93. The van der Waals surface area contributed by atoms with E-state index in [0.29, 0.717) is 11.3 Å². The van der Waals surface area contributed by atoms with Gasteiger partial charge in [0.25, 0.3) is 0 Å². The summed E-state index contributed by atoms with van der Waals surface area (Å²) in [6.45, 7) is 0. The first-order chi connectivity index (χ1) is 10.1. The predicted molar refractivity (Wildman–Crippen MR) is 71.5 cm³/mol. The number of nitrogen functional groups attached to an aromatic ring is 1. The molecular weight excluding hydrogens is 281 g/mol. The number of anilines is 1. The summed E-state index contributed by atoms with van der Waals surface area (Å²) in [6, 6.07) is 7.04. The molecule has 106 valence electrons. The van der Waals surface area contributed by atoms with E-state index in [-0.39, 0.29) is 17.1 Å². The second-order valence-electron chi connectivity index (χ2n) is 4.30. The fourth-order valence-corrected chi connectivity index (χ4v) is 2.04. The molecule has 0 amide bonds. The van der Waals surface area contributed by atoms with Gasteiger partial charge in [-0.1, -0.05) is 6.07 Å². The third-order valence-electron chi connectivity index (χ3n) is 3.02. The molecule has 0 saturated heterocycles. The molecule has 0 aliphatic carbocycles. The maximum absolute atomic E-state index is 13.9. The first-order valence-corrected chi connectivity index (χ1v) is 5.98. The van der Waals surface area contributed by atoms with Crippen molar-refractivity contribution in [3.63, 3.8) is 0 Å². The molecule has 21 heavy (non-hydrogen) atoms. The second-order valence-corrected chi connectivity index (χ2v) is 4.30. The highest BCUT2D eigenvalue weighted by Crippen LogP contribution is 2.35. The van der Waals surface area contributed by atoms with Crippen LogP contribution in [0.4, 0.5) is 19.0 Å². The first kappa shape index (κ1) is 13.2. The van der Waals surface area contributed by atoms with Crippen LogP contribution in [0.1, 0.15) is 0 Å². The van der Waals surface area contributed by atoms with Crippen LogP contribution < -0.4 is 5.73 Å². The van der Waals surface area contributed by atoms with Gasteiger partial charge in [-0.3, -0.25) is 10.1 Å². The maximum Gasteiger partial charge on any atom is 0.195 e. The number of rotatable bonds is 2. The van der Waals surface area contributed by atoms with Crippen molar-refractivity contribution in [1.29, 1.82) is 0 Å². The molecule has 2 aromatic heterocycles. The molecule has 3 rings (SSSR count). The minimum atomic E-state index is -1.55. The SMILES string of the molecule is Nc1n[nH]c(-c2ccc(F)c(F)c2F)c1-c1ccccn1. The number of H-pyrrole nitrogens is 1. The van der Waals surface area contributed by atoms with E-state index >= 15 is 0 Å². The normalized spacial score (nSPS) is 10.8. The lowest BCUT2D eigenvalue weighted by atomic mass is 10.0. The van der Waals surface area contributed by atoms with Crippen LogP contribution in [0, 0.1) is 17.5 Å². The van der Waals surface area contributed by atoms with E-state index in [1.807, 2.05) is 0 Å². The number of halogens is 3. The summed E-state index contributed by atoms with van der Waals surface area (Å²) in [6.07, 6.45) is 1.53. The van der Waals surface area contributed by atoms with Gasteiger partial charge < -0.3 is 5.73 Å². The Morgan fingerprint density at radius 2 is 1.81 bits per heavy atom. The van der Waals surface area contributed by atoms with Crippen molar-refractivity contribution in [1.82, 2.24) is 15.2 Å². The average molecular weight is 290 g/mol. The molecule has 2 heterocycles. The summed E-state index contributed by atoms with van der Waals surface area (Å²) in [5.74, 6) is -4.03. The van der Waals surface area contributed by atoms with Gasteiger partial charge in [-0.2, -0.15) is 5.10 Å². The smallest absolute Gasteiger partial charge is 0.195 e. The van der Waals surface area contributed by atoms with E-state index in [2.05, 4.69) is 15.2 Å². The van der Waals surface area contributed by atoms with E-state index in [1.54, 1.807) is 18.2 Å². The van der Waals surface area contributed by atoms with Crippen molar-refractivity contribution < 1.29 is 13.2 Å². The molecular formula is C14H9F3N4. The van der Waals surface area contributed by atoms with Crippen LogP contribution in [0.25, 0.3) is 22.5 Å². The summed E-state index contributed by atoms with van der Waals surface area (Å²) >= 11 is 0. The summed E-state index contributed by atoms with van der Waals surface area (Å²) in [5, 5.41) is 6.32. The molecule has 0 radical (unpaired) electrons. The number of pyridine rings is 1. The molecule has 0 atom stereocenters. The van der Waals surface area contributed by atoms with Crippen LogP contribution in [-0.4, -0.2) is 15.2 Å². The number of hydrogen-bond acceptors (Lipinski definition) is 3. The molecule has 0 saturated carbocycles. The van der Waals surface area contributed by atoms with Gasteiger partial charge in [-0.05, 0) is 24.3 Å². The molecule has 0 unspecified atom stereocenters. The summed E-state index contributed by atoms with van der Waals surface area (Å²) in [7, 11) is 0. The zero-order chi connectivity index (χ0) is 15.0. The molecule has 7 heteroatoms. The standard InChI is InChI=1S/C14H9F3N4/c15-8-5-4-7(11(16)12(8)17)13-10(14(18)21-20-13)9-3-1-2-6-19-9/h1-6H,(H3,18,20,21). The molecule has 1 aromatic carbocycles. The number of nitrogens with zero attached hydrogens (tertiary/aromatic N) is 2. The summed E-state index contributed by atoms with van der Waals surface area (Å²) in [5.41, 5.74) is 6.51. The first-order valence-electron chi connectivity index (χ1n) is 5.98. The Morgan fingerprint density at radius 3 is 2.52 bits per heavy atom. The molecule has 0 aliphatic rings. The fraction of sp³-hybridized carbons (Fsp3) is 0. The van der Waals surface area contributed by atoms with Crippen LogP contribution in [0.3, 0.4) is 0 Å². The number of benzene rings is 1. The molecule has 3 N–H and O–H groups in total. The van der Waals surface area contributed by atoms with Crippen LogP contribution >= 0.6 is 0 Å². The van der Waals surface area contributed by atoms with Crippen molar-refractivity contribution in [2.75, 3.05) is 5.73 Å². The molecule has 0 aliphatic heterocycles. The number of nitrogens with two attached hydrogens (primary N) is 1. The van der Waals surface area contributed by atoms with Gasteiger partial charge in [0.1, 0.15) is 0 Å². The van der Waals surface area contributed by atoms with Crippen molar-refractivity contribution in [3.8, 4) is 22.5 Å². The van der Waals surface area contributed by atoms with E-state index in [4.69, 9.17) is 5.73 Å². The third-order valence-corrected chi connectivity index (χ3v) is 3.02. The van der Waals surface area contributed by atoms with Gasteiger partial charge in [0.2, 0.25) is 0 Å². The lowest BCUT2D eigenvalue weighted by Gasteiger charge is -2.06. The lowest BCUT2D eigenvalue weighted by molar-refractivity contribution is 0.449. The highest BCUT2D eigenvalue weighted by atomic mass is 19.2. The third kappa shape index (κ3) is 2.12. The minimum absolute atomic E-state index is 0.0906. The minimum Gasteiger partial charge on any atom is -0.382 e. The number of aromatic nitrogens is 3. The number of nitrogens with one attached hydrogen (secondary N) is 1. The Labute approximate surface area is 117 Å². The van der Waals surface area contributed by atoms with E-state index < -0.39 is 17.5 Å². The van der Waals surface area contributed by atoms with Crippen LogP contribution in [0.2, 0.25) is 0 Å². The zero-order valence-corrected chi connectivity index (χ0v) is 10.6. The van der Waals surface area contributed by atoms with E-state index in [0.717, 1.165) is 12.1 Å². The van der Waals surface area contributed by atoms with Gasteiger partial charge in [0.15, 0.2) is 23.3 Å². The van der Waals surface area contributed by atoms with E-state index in [9.17, 15) is 13.2 Å². The number of aromatic amines is 1. The monoisotopic (exact) mass is 290 g/mol. The van der Waals surface area contributed by atoms with Gasteiger partial charge >= 0.3 is 0 Å². The van der Waals surface area contributed by atoms with Gasteiger partial charge in [0, 0.05) is 11.8 Å². The molecule has 3 aromatic rings. The average Bonchev–Trinajstić information content (AvgIpc) is 2.87. The summed E-state index contributed by atoms with van der Waals surface area (Å²) < 4.78 is 40.3. The Hall–Kier alpha value is -2.83. The van der Waals surface area contributed by atoms with Crippen LogP contribution in [-0.2, 0) is 0 Å². The fourth-order valence-electron chi connectivity index (χ4n) is 2.04. The largest absolute Gasteiger partial charge is 0.382 e. The van der Waals surface area contributed by atoms with Crippen LogP contribution in [0.5, 0.6) is 0 Å². The maximum atomic E-state index is 13.9. The quantitative estimate of drug-likeness (QED) is 0.712. The Morgan fingerprint density at radius 1 is 1.00 bits per heavy atom. The molecule has 0 fully saturated rings. The predicted octanol–water partition coefficient (Wildman–Crippen LogP) is 3.14. The van der Waals surface area contributed by atoms with Crippen LogP contribution in [0.15, 0.2) is 36.5 Å². The molecule has 4 nitrogen and oxygen atoms in total. The Balaban J connectivity index is 2.24. The Kier molecular flexibility index (Phi) is 3.09. The van der Waals surface area contributed by atoms with E-state index in [1.165, 1.54) is 6.20 Å². The van der Waals surface area contributed by atoms with Crippen molar-refractivity contribution >= 4 is 5.82 Å². The Bertz CT molecular complexity index is 799. The molecule has 0 bridgehead atoms. The highest BCUT2D eigenvalue weighted by Gasteiger charge is 2.21. The molecule has 0 spiro atoms. The van der Waals surface area contributed by atoms with Crippen molar-refractivity contribution in [3.05, 3.63) is 54.0 Å². The van der Waals surface area contributed by atoms with Gasteiger partial charge in [0.05, 0.1) is 17.0 Å². The van der Waals surface area contributed by atoms with Crippen molar-refractivity contribution in [2.45, 2.75) is 0 Å². The topological polar surface area (TPSA) is 67.6 Å². The zero-order valence-electron chi connectivity index (χ0n) is 10.6. The van der Waals surface area contributed by atoms with Gasteiger partial charge in [-0.15, -0.1) is 0 Å². The number of hydrogen-bond donors (Lipinski definition) is 2. The summed E-state index contributed by atoms with van der Waals surface area (Å²) in [4.78, 5) is 4.11.